The second-order valence-electron chi connectivity index (χ2n) is 7.12. The molecule has 154 valence electrons. The van der Waals surface area contributed by atoms with Crippen molar-refractivity contribution in [1.82, 2.24) is 14.7 Å². The first-order chi connectivity index (χ1) is 14.1. The van der Waals surface area contributed by atoms with Gasteiger partial charge in [0.2, 0.25) is 0 Å². The van der Waals surface area contributed by atoms with Crippen molar-refractivity contribution >= 4 is 11.9 Å². The summed E-state index contributed by atoms with van der Waals surface area (Å²) in [4.78, 5) is 27.1. The summed E-state index contributed by atoms with van der Waals surface area (Å²) in [7, 11) is 1.61. The number of hydrogen-bond acceptors (Lipinski definition) is 6. The number of carbonyl (C=O) groups is 2. The van der Waals surface area contributed by atoms with Crippen molar-refractivity contribution in [3.8, 4) is 11.4 Å². The zero-order valence-electron chi connectivity index (χ0n) is 16.7. The topological polar surface area (TPSA) is 82.9 Å². The first-order valence-corrected chi connectivity index (χ1v) is 9.95. The van der Waals surface area contributed by atoms with Gasteiger partial charge in [0.25, 0.3) is 5.91 Å². The number of rotatable bonds is 5. The standard InChI is InChI=1S/C21H25N3O5/c1-3-28-21(26)19-16-13-23(20(25)18-5-4-12-29-18)11-10-17(16)24(22-19)14-6-8-15(27-2)9-7-14/h6-9,18H,3-5,10-13H2,1-2H3. The van der Waals surface area contributed by atoms with Crippen LogP contribution in [0.25, 0.3) is 5.69 Å². The van der Waals surface area contributed by atoms with Gasteiger partial charge in [0.1, 0.15) is 11.9 Å². The third-order valence-electron chi connectivity index (χ3n) is 5.36. The van der Waals surface area contributed by atoms with Crippen LogP contribution in [0.4, 0.5) is 0 Å². The number of hydrogen-bond donors (Lipinski definition) is 0. The molecule has 4 rings (SSSR count). The smallest absolute Gasteiger partial charge is 0.359 e. The monoisotopic (exact) mass is 399 g/mol. The van der Waals surface area contributed by atoms with Crippen molar-refractivity contribution in [2.45, 2.75) is 38.8 Å². The first kappa shape index (κ1) is 19.4. The van der Waals surface area contributed by atoms with E-state index in [1.54, 1.807) is 23.6 Å². The molecule has 0 spiro atoms. The molecule has 0 saturated carbocycles. The molecule has 1 unspecified atom stereocenters. The molecular formula is C21H25N3O5. The molecule has 0 radical (unpaired) electrons. The number of carbonyl (C=O) groups excluding carboxylic acids is 2. The Hall–Kier alpha value is -2.87. The van der Waals surface area contributed by atoms with Gasteiger partial charge in [0, 0.05) is 25.1 Å². The van der Waals surface area contributed by atoms with Crippen molar-refractivity contribution in [3.63, 3.8) is 0 Å². The van der Waals surface area contributed by atoms with E-state index in [9.17, 15) is 9.59 Å². The van der Waals surface area contributed by atoms with E-state index in [0.717, 1.165) is 35.5 Å². The van der Waals surface area contributed by atoms with Crippen molar-refractivity contribution in [2.24, 2.45) is 0 Å². The quantitative estimate of drug-likeness (QED) is 0.717. The third kappa shape index (κ3) is 3.72. The molecule has 2 aliphatic rings. The minimum atomic E-state index is -0.470. The molecule has 1 fully saturated rings. The van der Waals surface area contributed by atoms with Gasteiger partial charge >= 0.3 is 5.97 Å². The molecule has 1 atom stereocenters. The number of nitrogens with zero attached hydrogens (tertiary/aromatic N) is 3. The lowest BCUT2D eigenvalue weighted by Gasteiger charge is -2.29. The first-order valence-electron chi connectivity index (χ1n) is 9.95. The van der Waals surface area contributed by atoms with Gasteiger partial charge in [-0.05, 0) is 44.0 Å². The number of amides is 1. The predicted molar refractivity (Wildman–Crippen MR) is 104 cm³/mol. The predicted octanol–water partition coefficient (Wildman–Crippen LogP) is 2.12. The van der Waals surface area contributed by atoms with Gasteiger partial charge in [0.15, 0.2) is 5.69 Å². The van der Waals surface area contributed by atoms with Crippen LogP contribution in [0, 0.1) is 0 Å². The van der Waals surface area contributed by atoms with Crippen LogP contribution < -0.4 is 4.74 Å². The molecule has 0 aliphatic carbocycles. The van der Waals surface area contributed by atoms with Gasteiger partial charge < -0.3 is 19.1 Å². The van der Waals surface area contributed by atoms with Crippen LogP contribution >= 0.6 is 0 Å². The van der Waals surface area contributed by atoms with E-state index in [0.29, 0.717) is 26.1 Å². The van der Waals surface area contributed by atoms with Crippen LogP contribution in [0.2, 0.25) is 0 Å². The second kappa shape index (κ2) is 8.24. The van der Waals surface area contributed by atoms with Gasteiger partial charge in [-0.1, -0.05) is 0 Å². The normalized spacial score (nSPS) is 18.4. The fourth-order valence-electron chi connectivity index (χ4n) is 3.88. The molecule has 2 aromatic rings. The number of fused-ring (bicyclic) bond motifs is 1. The highest BCUT2D eigenvalue weighted by Crippen LogP contribution is 2.28. The SMILES string of the molecule is CCOC(=O)c1nn(-c2ccc(OC)cc2)c2c1CN(C(=O)C1CCCO1)CC2. The van der Waals surface area contributed by atoms with E-state index in [1.807, 2.05) is 24.3 Å². The maximum absolute atomic E-state index is 12.8. The summed E-state index contributed by atoms with van der Waals surface area (Å²) in [5, 5.41) is 4.56. The van der Waals surface area contributed by atoms with E-state index in [4.69, 9.17) is 14.2 Å². The highest BCUT2D eigenvalue weighted by molar-refractivity contribution is 5.90. The lowest BCUT2D eigenvalue weighted by molar-refractivity contribution is -0.141. The molecule has 8 nitrogen and oxygen atoms in total. The molecule has 1 amide bonds. The summed E-state index contributed by atoms with van der Waals surface area (Å²) in [6.45, 7) is 3.55. The van der Waals surface area contributed by atoms with Crippen LogP contribution in [-0.2, 0) is 27.2 Å². The Kier molecular flexibility index (Phi) is 5.53. The molecule has 1 saturated heterocycles. The summed E-state index contributed by atoms with van der Waals surface area (Å²) in [5.41, 5.74) is 2.77. The van der Waals surface area contributed by atoms with Gasteiger partial charge in [0.05, 0.1) is 31.6 Å². The number of ether oxygens (including phenoxy) is 3. The average Bonchev–Trinajstić information content (AvgIpc) is 3.41. The minimum Gasteiger partial charge on any atom is -0.497 e. The Morgan fingerprint density at radius 3 is 2.72 bits per heavy atom. The number of benzene rings is 1. The Morgan fingerprint density at radius 2 is 2.07 bits per heavy atom. The zero-order valence-corrected chi connectivity index (χ0v) is 16.7. The maximum Gasteiger partial charge on any atom is 0.359 e. The molecule has 2 aliphatic heterocycles. The molecule has 1 aromatic carbocycles. The fraction of sp³-hybridized carbons (Fsp3) is 0.476. The van der Waals surface area contributed by atoms with Crippen LogP contribution in [-0.4, -0.2) is 59.5 Å². The summed E-state index contributed by atoms with van der Waals surface area (Å²) < 4.78 is 17.8. The Balaban J connectivity index is 1.68. The Morgan fingerprint density at radius 1 is 1.28 bits per heavy atom. The van der Waals surface area contributed by atoms with Gasteiger partial charge in [-0.3, -0.25) is 4.79 Å². The molecular weight excluding hydrogens is 374 g/mol. The summed E-state index contributed by atoms with van der Waals surface area (Å²) in [6.07, 6.45) is 1.88. The van der Waals surface area contributed by atoms with Crippen molar-refractivity contribution in [3.05, 3.63) is 41.2 Å². The van der Waals surface area contributed by atoms with Crippen molar-refractivity contribution in [2.75, 3.05) is 26.9 Å². The average molecular weight is 399 g/mol. The molecule has 0 bridgehead atoms. The van der Waals surface area contributed by atoms with E-state index < -0.39 is 5.97 Å². The minimum absolute atomic E-state index is 0.0137. The van der Waals surface area contributed by atoms with Crippen molar-refractivity contribution in [1.29, 1.82) is 0 Å². The third-order valence-corrected chi connectivity index (χ3v) is 5.36. The maximum atomic E-state index is 12.8. The molecule has 29 heavy (non-hydrogen) atoms. The van der Waals surface area contributed by atoms with E-state index >= 15 is 0 Å². The lowest BCUT2D eigenvalue weighted by atomic mass is 10.0. The Labute approximate surface area is 169 Å². The lowest BCUT2D eigenvalue weighted by Crippen LogP contribution is -2.42. The largest absolute Gasteiger partial charge is 0.497 e. The number of aromatic nitrogens is 2. The summed E-state index contributed by atoms with van der Waals surface area (Å²) in [6, 6.07) is 7.49. The highest BCUT2D eigenvalue weighted by atomic mass is 16.5. The van der Waals surface area contributed by atoms with E-state index in [2.05, 4.69) is 5.10 Å². The molecule has 3 heterocycles. The number of esters is 1. The summed E-state index contributed by atoms with van der Waals surface area (Å²) in [5.74, 6) is 0.260. The molecule has 8 heteroatoms. The summed E-state index contributed by atoms with van der Waals surface area (Å²) >= 11 is 0. The van der Waals surface area contributed by atoms with Gasteiger partial charge in [-0.2, -0.15) is 5.10 Å². The van der Waals surface area contributed by atoms with Crippen molar-refractivity contribution < 1.29 is 23.8 Å². The van der Waals surface area contributed by atoms with Crippen LogP contribution in [0.1, 0.15) is 41.5 Å². The van der Waals surface area contributed by atoms with E-state index in [-0.39, 0.29) is 24.3 Å². The molecule has 0 N–H and O–H groups in total. The highest BCUT2D eigenvalue weighted by Gasteiger charge is 2.34. The fourth-order valence-corrected chi connectivity index (χ4v) is 3.88. The molecule has 1 aromatic heterocycles. The zero-order chi connectivity index (χ0) is 20.4. The van der Waals surface area contributed by atoms with Gasteiger partial charge in [-0.15, -0.1) is 0 Å². The van der Waals surface area contributed by atoms with Gasteiger partial charge in [-0.25, -0.2) is 9.48 Å². The number of methoxy groups -OCH3 is 1. The van der Waals surface area contributed by atoms with Crippen LogP contribution in [0.3, 0.4) is 0 Å². The van der Waals surface area contributed by atoms with E-state index in [1.165, 1.54) is 0 Å². The van der Waals surface area contributed by atoms with Crippen LogP contribution in [0.5, 0.6) is 5.75 Å². The second-order valence-corrected chi connectivity index (χ2v) is 7.12. The van der Waals surface area contributed by atoms with Crippen LogP contribution in [0.15, 0.2) is 24.3 Å². The Bertz CT molecular complexity index is 900.